The van der Waals surface area contributed by atoms with Crippen LogP contribution in [0.3, 0.4) is 0 Å². The van der Waals surface area contributed by atoms with Gasteiger partial charge in [0.15, 0.2) is 0 Å². The summed E-state index contributed by atoms with van der Waals surface area (Å²) in [5.74, 6) is 4.50. The van der Waals surface area contributed by atoms with E-state index in [0.29, 0.717) is 58.4 Å². The molecule has 0 radical (unpaired) electrons. The molecule has 8 bridgehead atoms. The molecule has 13 rings (SSSR count). The minimum atomic E-state index is -1.36. The molecule has 6 nitrogen and oxygen atoms in total. The van der Waals surface area contributed by atoms with Gasteiger partial charge in [0.25, 0.3) is 0 Å². The first-order valence-corrected chi connectivity index (χ1v) is 19.5. The number of hydrogen-bond acceptors (Lipinski definition) is 6. The highest BCUT2D eigenvalue weighted by Gasteiger charge is 2.55. The Morgan fingerprint density at radius 1 is 0.471 bits per heavy atom. The summed E-state index contributed by atoms with van der Waals surface area (Å²) in [4.78, 5) is 0. The van der Waals surface area contributed by atoms with Crippen LogP contribution in [-0.4, -0.2) is 10.2 Å². The SMILES string of the molecule is Nc1cc(OC2(Oc3cc(N)c(O)c(C45CC6CC(CC(C6)C4)C5)c3)c3ccccc3-c3ccccc32)cc(C23CC4CC(CC(C4)C2)C3)c1O. The Morgan fingerprint density at radius 3 is 1.16 bits per heavy atom. The molecule has 9 aliphatic rings. The first kappa shape index (κ1) is 30.3. The molecule has 9 aliphatic carbocycles. The summed E-state index contributed by atoms with van der Waals surface area (Å²) in [5, 5.41) is 23.2. The molecule has 0 amide bonds. The molecule has 0 aliphatic heterocycles. The fourth-order valence-electron chi connectivity index (χ4n) is 13.8. The maximum atomic E-state index is 11.6. The van der Waals surface area contributed by atoms with E-state index in [1.165, 1.54) is 38.5 Å². The predicted octanol–water partition coefficient (Wildman–Crippen LogP) is 9.54. The number of benzene rings is 4. The minimum absolute atomic E-state index is 0.0794. The Hall–Kier alpha value is -4.32. The third-order valence-corrected chi connectivity index (χ3v) is 14.8. The third-order valence-electron chi connectivity index (χ3n) is 14.8. The number of rotatable bonds is 6. The molecule has 0 saturated heterocycles. The summed E-state index contributed by atoms with van der Waals surface area (Å²) < 4.78 is 14.6. The van der Waals surface area contributed by atoms with Gasteiger partial charge in [0.1, 0.15) is 23.0 Å². The van der Waals surface area contributed by atoms with Crippen molar-refractivity contribution in [2.45, 2.75) is 93.7 Å². The monoisotopic (exact) mass is 680 g/mol. The first-order valence-electron chi connectivity index (χ1n) is 19.5. The largest absolute Gasteiger partial charge is 0.505 e. The van der Waals surface area contributed by atoms with Gasteiger partial charge in [0, 0.05) is 34.4 Å². The Morgan fingerprint density at radius 2 is 0.804 bits per heavy atom. The van der Waals surface area contributed by atoms with Gasteiger partial charge in [-0.1, -0.05) is 48.5 Å². The first-order chi connectivity index (χ1) is 24.7. The van der Waals surface area contributed by atoms with Gasteiger partial charge in [0.2, 0.25) is 0 Å². The number of hydrogen-bond donors (Lipinski definition) is 4. The number of nitrogens with two attached hydrogens (primary N) is 2. The summed E-state index contributed by atoms with van der Waals surface area (Å²) in [6.07, 6.45) is 14.5. The van der Waals surface area contributed by atoms with Gasteiger partial charge in [-0.15, -0.1) is 0 Å². The minimum Gasteiger partial charge on any atom is -0.505 e. The number of fused-ring (bicyclic) bond motifs is 3. The molecular weight excluding hydrogens is 633 g/mol. The van der Waals surface area contributed by atoms with Gasteiger partial charge in [-0.3, -0.25) is 0 Å². The van der Waals surface area contributed by atoms with E-state index in [1.807, 2.05) is 12.1 Å². The van der Waals surface area contributed by atoms with E-state index in [1.54, 1.807) is 12.1 Å². The summed E-state index contributed by atoms with van der Waals surface area (Å²) in [7, 11) is 0. The second kappa shape index (κ2) is 10.4. The molecule has 0 spiro atoms. The standard InChI is InChI=1S/C45H48N2O4/c46-39-17-31(15-37(41(39)48)43-19-25-9-26(20-43)11-27(10-25)21-43)50-45(35-7-3-1-5-33(35)34-6-2-4-8-36(34)45)51-32-16-38(42(49)40(47)18-32)44-22-28-12-29(23-44)14-30(13-28)24-44/h1-8,15-18,25-30,48-49H,9-14,19-24,46-47H2. The van der Waals surface area contributed by atoms with Crippen LogP contribution in [0.4, 0.5) is 11.4 Å². The summed E-state index contributed by atoms with van der Waals surface area (Å²) in [5.41, 5.74) is 19.7. The van der Waals surface area contributed by atoms with Crippen LogP contribution in [0.1, 0.15) is 99.3 Å². The van der Waals surface area contributed by atoms with E-state index in [4.69, 9.17) is 20.9 Å². The van der Waals surface area contributed by atoms with Crippen molar-refractivity contribution in [3.05, 3.63) is 95.1 Å². The van der Waals surface area contributed by atoms with Crippen LogP contribution in [0.5, 0.6) is 23.0 Å². The van der Waals surface area contributed by atoms with Crippen molar-refractivity contribution in [1.82, 2.24) is 0 Å². The topological polar surface area (TPSA) is 111 Å². The molecule has 8 fully saturated rings. The second-order valence-electron chi connectivity index (χ2n) is 18.1. The lowest BCUT2D eigenvalue weighted by Gasteiger charge is -2.57. The molecule has 0 heterocycles. The molecule has 4 aromatic rings. The number of ether oxygens (including phenoxy) is 2. The second-order valence-corrected chi connectivity index (χ2v) is 18.1. The number of phenolic OH excluding ortho intramolecular Hbond substituents is 2. The fraction of sp³-hybridized carbons (Fsp3) is 0.467. The van der Waals surface area contributed by atoms with Crippen LogP contribution < -0.4 is 20.9 Å². The molecular formula is C45H48N2O4. The zero-order chi connectivity index (χ0) is 34.3. The zero-order valence-electron chi connectivity index (χ0n) is 29.2. The number of anilines is 2. The lowest BCUT2D eigenvalue weighted by atomic mass is 9.48. The van der Waals surface area contributed by atoms with E-state index in [-0.39, 0.29) is 22.3 Å². The molecule has 4 aromatic carbocycles. The number of nitrogen functional groups attached to an aromatic ring is 2. The lowest BCUT2D eigenvalue weighted by molar-refractivity contribution is -0.0811. The highest BCUT2D eigenvalue weighted by molar-refractivity contribution is 5.80. The van der Waals surface area contributed by atoms with Crippen molar-refractivity contribution in [3.63, 3.8) is 0 Å². The highest BCUT2D eigenvalue weighted by Crippen LogP contribution is 2.64. The van der Waals surface area contributed by atoms with Gasteiger partial charge < -0.3 is 31.2 Å². The summed E-state index contributed by atoms with van der Waals surface area (Å²) >= 11 is 0. The van der Waals surface area contributed by atoms with Crippen molar-refractivity contribution in [1.29, 1.82) is 0 Å². The average molecular weight is 681 g/mol. The van der Waals surface area contributed by atoms with Gasteiger partial charge >= 0.3 is 5.79 Å². The molecule has 0 aromatic heterocycles. The van der Waals surface area contributed by atoms with Crippen LogP contribution in [0.2, 0.25) is 0 Å². The van der Waals surface area contributed by atoms with Crippen molar-refractivity contribution in [3.8, 4) is 34.1 Å². The Labute approximate surface area is 300 Å². The summed E-state index contributed by atoms with van der Waals surface area (Å²) in [6.45, 7) is 0. The quantitative estimate of drug-likeness (QED) is 0.0917. The average Bonchev–Trinajstić information content (AvgIpc) is 3.35. The molecule has 0 atom stereocenters. The van der Waals surface area contributed by atoms with Crippen molar-refractivity contribution >= 4 is 11.4 Å². The molecule has 6 N–H and O–H groups in total. The zero-order valence-corrected chi connectivity index (χ0v) is 29.2. The molecule has 6 heteroatoms. The fourth-order valence-corrected chi connectivity index (χ4v) is 13.8. The maximum absolute atomic E-state index is 11.6. The van der Waals surface area contributed by atoms with Crippen molar-refractivity contribution < 1.29 is 19.7 Å². The van der Waals surface area contributed by atoms with Crippen LogP contribution in [0.25, 0.3) is 11.1 Å². The van der Waals surface area contributed by atoms with Crippen molar-refractivity contribution in [2.75, 3.05) is 11.5 Å². The van der Waals surface area contributed by atoms with Crippen LogP contribution in [0.15, 0.2) is 72.8 Å². The summed E-state index contributed by atoms with van der Waals surface area (Å²) in [6, 6.07) is 24.3. The lowest BCUT2D eigenvalue weighted by Crippen LogP contribution is -2.48. The molecule has 51 heavy (non-hydrogen) atoms. The highest BCUT2D eigenvalue weighted by atomic mass is 16.7. The van der Waals surface area contributed by atoms with Gasteiger partial charge in [0.05, 0.1) is 11.4 Å². The van der Waals surface area contributed by atoms with Crippen LogP contribution in [0, 0.1) is 35.5 Å². The van der Waals surface area contributed by atoms with E-state index >= 15 is 0 Å². The molecule has 262 valence electrons. The van der Waals surface area contributed by atoms with Crippen LogP contribution in [-0.2, 0) is 16.6 Å². The molecule has 0 unspecified atom stereocenters. The Bertz CT molecular complexity index is 1880. The van der Waals surface area contributed by atoms with Crippen molar-refractivity contribution in [2.24, 2.45) is 35.5 Å². The Kier molecular flexibility index (Phi) is 6.18. The van der Waals surface area contributed by atoms with Gasteiger partial charge in [-0.05, 0) is 147 Å². The Balaban J connectivity index is 1.06. The van der Waals surface area contributed by atoms with E-state index in [2.05, 4.69) is 48.5 Å². The van der Waals surface area contributed by atoms with E-state index < -0.39 is 5.79 Å². The normalized spacial score (nSPS) is 34.4. The van der Waals surface area contributed by atoms with E-state index in [0.717, 1.165) is 71.9 Å². The van der Waals surface area contributed by atoms with Crippen LogP contribution >= 0.6 is 0 Å². The predicted molar refractivity (Wildman–Crippen MR) is 199 cm³/mol. The maximum Gasteiger partial charge on any atom is 0.306 e. The van der Waals surface area contributed by atoms with Gasteiger partial charge in [-0.2, -0.15) is 0 Å². The van der Waals surface area contributed by atoms with Gasteiger partial charge in [-0.25, -0.2) is 0 Å². The molecule has 8 saturated carbocycles. The number of aromatic hydroxyl groups is 2. The smallest absolute Gasteiger partial charge is 0.306 e. The van der Waals surface area contributed by atoms with E-state index in [9.17, 15) is 10.2 Å². The number of phenols is 2. The third kappa shape index (κ3) is 4.34.